The first-order chi connectivity index (χ1) is 10.2. The number of halogens is 1. The molecule has 3 nitrogen and oxygen atoms in total. The molecule has 2 amide bonds. The van der Waals surface area contributed by atoms with Crippen molar-refractivity contribution in [3.8, 4) is 0 Å². The first-order valence-corrected chi connectivity index (χ1v) is 7.10. The number of carbonyl (C=O) groups is 1. The van der Waals surface area contributed by atoms with E-state index in [4.69, 9.17) is 0 Å². The van der Waals surface area contributed by atoms with Crippen LogP contribution in [0.5, 0.6) is 0 Å². The van der Waals surface area contributed by atoms with Crippen molar-refractivity contribution in [1.29, 1.82) is 0 Å². The Labute approximate surface area is 123 Å². The summed E-state index contributed by atoms with van der Waals surface area (Å²) >= 11 is 0. The Bertz CT molecular complexity index is 639. The number of aryl methyl sites for hydroxylation is 1. The van der Waals surface area contributed by atoms with Crippen molar-refractivity contribution in [2.75, 3.05) is 5.32 Å². The quantitative estimate of drug-likeness (QED) is 0.870. The third kappa shape index (κ3) is 3.40. The Morgan fingerprint density at radius 2 is 1.76 bits per heavy atom. The van der Waals surface area contributed by atoms with Crippen LogP contribution in [0, 0.1) is 5.82 Å². The summed E-state index contributed by atoms with van der Waals surface area (Å²) in [6.45, 7) is 0. The molecule has 0 aromatic heterocycles. The highest BCUT2D eigenvalue weighted by Gasteiger charge is 2.19. The lowest BCUT2D eigenvalue weighted by atomic mass is 9.88. The Morgan fingerprint density at radius 3 is 2.52 bits per heavy atom. The fraction of sp³-hybridized carbons (Fsp3) is 0.235. The van der Waals surface area contributed by atoms with Gasteiger partial charge in [-0.2, -0.15) is 0 Å². The molecule has 0 bridgehead atoms. The van der Waals surface area contributed by atoms with Gasteiger partial charge in [0.2, 0.25) is 0 Å². The summed E-state index contributed by atoms with van der Waals surface area (Å²) in [6, 6.07) is 14.0. The fourth-order valence-electron chi connectivity index (χ4n) is 2.71. The van der Waals surface area contributed by atoms with E-state index in [9.17, 15) is 9.18 Å². The average molecular weight is 284 g/mol. The molecule has 2 aromatic rings. The average Bonchev–Trinajstić information content (AvgIpc) is 2.49. The van der Waals surface area contributed by atoms with Gasteiger partial charge in [0.25, 0.3) is 0 Å². The standard InChI is InChI=1S/C17H17FN2O/c18-14-6-9-15(10-7-14)19-17(21)20-16-8-5-12-3-1-2-4-13(12)11-16/h1-4,6-7,9-10,16H,5,8,11H2,(H2,19,20,21). The van der Waals surface area contributed by atoms with Gasteiger partial charge < -0.3 is 10.6 Å². The molecule has 0 saturated heterocycles. The van der Waals surface area contributed by atoms with E-state index < -0.39 is 0 Å². The zero-order valence-electron chi connectivity index (χ0n) is 11.6. The second-order valence-electron chi connectivity index (χ2n) is 5.31. The second-order valence-corrected chi connectivity index (χ2v) is 5.31. The van der Waals surface area contributed by atoms with Crippen LogP contribution in [0.2, 0.25) is 0 Å². The van der Waals surface area contributed by atoms with Crippen molar-refractivity contribution in [2.24, 2.45) is 0 Å². The number of hydrogen-bond donors (Lipinski definition) is 2. The predicted molar refractivity (Wildman–Crippen MR) is 80.8 cm³/mol. The van der Waals surface area contributed by atoms with Gasteiger partial charge in [-0.05, 0) is 54.7 Å². The van der Waals surface area contributed by atoms with Gasteiger partial charge in [-0.15, -0.1) is 0 Å². The van der Waals surface area contributed by atoms with Crippen LogP contribution >= 0.6 is 0 Å². The number of rotatable bonds is 2. The van der Waals surface area contributed by atoms with Crippen molar-refractivity contribution in [2.45, 2.75) is 25.3 Å². The molecule has 4 heteroatoms. The van der Waals surface area contributed by atoms with Crippen molar-refractivity contribution in [3.05, 3.63) is 65.5 Å². The van der Waals surface area contributed by atoms with E-state index in [1.165, 1.54) is 23.3 Å². The normalized spacial score (nSPS) is 16.9. The SMILES string of the molecule is O=C(Nc1ccc(F)cc1)NC1CCc2ccccc2C1. The lowest BCUT2D eigenvalue weighted by Crippen LogP contribution is -2.41. The summed E-state index contributed by atoms with van der Waals surface area (Å²) in [5.74, 6) is -0.315. The molecule has 0 fully saturated rings. The highest BCUT2D eigenvalue weighted by molar-refractivity contribution is 5.89. The van der Waals surface area contributed by atoms with Crippen molar-refractivity contribution in [3.63, 3.8) is 0 Å². The van der Waals surface area contributed by atoms with E-state index >= 15 is 0 Å². The van der Waals surface area contributed by atoms with Gasteiger partial charge in [-0.1, -0.05) is 24.3 Å². The number of fused-ring (bicyclic) bond motifs is 1. The third-order valence-electron chi connectivity index (χ3n) is 3.78. The van der Waals surface area contributed by atoms with Gasteiger partial charge in [0.05, 0.1) is 0 Å². The molecule has 0 heterocycles. The van der Waals surface area contributed by atoms with E-state index in [0.29, 0.717) is 5.69 Å². The second kappa shape index (κ2) is 5.95. The van der Waals surface area contributed by atoms with Gasteiger partial charge in [0, 0.05) is 11.7 Å². The maximum atomic E-state index is 12.8. The number of benzene rings is 2. The zero-order chi connectivity index (χ0) is 14.7. The van der Waals surface area contributed by atoms with Crippen molar-refractivity contribution in [1.82, 2.24) is 5.32 Å². The summed E-state index contributed by atoms with van der Waals surface area (Å²) < 4.78 is 12.8. The molecule has 1 aliphatic carbocycles. The Morgan fingerprint density at radius 1 is 1.05 bits per heavy atom. The Kier molecular flexibility index (Phi) is 3.86. The molecular formula is C17H17FN2O. The van der Waals surface area contributed by atoms with Crippen LogP contribution in [0.15, 0.2) is 48.5 Å². The number of amides is 2. The number of nitrogens with one attached hydrogen (secondary N) is 2. The molecule has 1 aliphatic rings. The first kappa shape index (κ1) is 13.6. The van der Waals surface area contributed by atoms with E-state index in [-0.39, 0.29) is 17.9 Å². The molecule has 0 radical (unpaired) electrons. The third-order valence-corrected chi connectivity index (χ3v) is 3.78. The molecule has 3 rings (SSSR count). The molecule has 2 N–H and O–H groups in total. The van der Waals surface area contributed by atoms with Crippen LogP contribution in [-0.4, -0.2) is 12.1 Å². The first-order valence-electron chi connectivity index (χ1n) is 7.10. The van der Waals surface area contributed by atoms with Crippen LogP contribution in [0.3, 0.4) is 0 Å². The highest BCUT2D eigenvalue weighted by atomic mass is 19.1. The number of carbonyl (C=O) groups excluding carboxylic acids is 1. The fourth-order valence-corrected chi connectivity index (χ4v) is 2.71. The molecular weight excluding hydrogens is 267 g/mol. The number of anilines is 1. The molecule has 108 valence electrons. The molecule has 0 saturated carbocycles. The van der Waals surface area contributed by atoms with Gasteiger partial charge in [-0.25, -0.2) is 9.18 Å². The molecule has 2 aromatic carbocycles. The molecule has 1 unspecified atom stereocenters. The van der Waals surface area contributed by atoms with E-state index in [0.717, 1.165) is 19.3 Å². The van der Waals surface area contributed by atoms with Gasteiger partial charge in [0.15, 0.2) is 0 Å². The maximum absolute atomic E-state index is 12.8. The lowest BCUT2D eigenvalue weighted by Gasteiger charge is -2.25. The largest absolute Gasteiger partial charge is 0.335 e. The zero-order valence-corrected chi connectivity index (χ0v) is 11.6. The van der Waals surface area contributed by atoms with Crippen molar-refractivity contribution >= 4 is 11.7 Å². The van der Waals surface area contributed by atoms with Crippen LogP contribution < -0.4 is 10.6 Å². The summed E-state index contributed by atoms with van der Waals surface area (Å²) in [4.78, 5) is 12.0. The number of urea groups is 1. The molecule has 0 spiro atoms. The summed E-state index contributed by atoms with van der Waals surface area (Å²) in [6.07, 6.45) is 2.78. The minimum atomic E-state index is -0.315. The lowest BCUT2D eigenvalue weighted by molar-refractivity contribution is 0.247. The van der Waals surface area contributed by atoms with Crippen LogP contribution in [0.1, 0.15) is 17.5 Å². The van der Waals surface area contributed by atoms with Gasteiger partial charge >= 0.3 is 6.03 Å². The van der Waals surface area contributed by atoms with Crippen molar-refractivity contribution < 1.29 is 9.18 Å². The number of hydrogen-bond acceptors (Lipinski definition) is 1. The molecule has 21 heavy (non-hydrogen) atoms. The smallest absolute Gasteiger partial charge is 0.319 e. The topological polar surface area (TPSA) is 41.1 Å². The summed E-state index contributed by atoms with van der Waals surface area (Å²) in [5, 5.41) is 5.70. The van der Waals surface area contributed by atoms with Crippen LogP contribution in [-0.2, 0) is 12.8 Å². The predicted octanol–water partition coefficient (Wildman–Crippen LogP) is 3.50. The molecule has 1 atom stereocenters. The minimum absolute atomic E-state index is 0.139. The highest BCUT2D eigenvalue weighted by Crippen LogP contribution is 2.21. The Balaban J connectivity index is 1.57. The van der Waals surface area contributed by atoms with E-state index in [1.807, 2.05) is 12.1 Å². The van der Waals surface area contributed by atoms with Crippen LogP contribution in [0.4, 0.5) is 14.9 Å². The minimum Gasteiger partial charge on any atom is -0.335 e. The summed E-state index contributed by atoms with van der Waals surface area (Å²) in [5.41, 5.74) is 3.26. The summed E-state index contributed by atoms with van der Waals surface area (Å²) in [7, 11) is 0. The van der Waals surface area contributed by atoms with E-state index in [1.54, 1.807) is 12.1 Å². The Hall–Kier alpha value is -2.36. The van der Waals surface area contributed by atoms with E-state index in [2.05, 4.69) is 22.8 Å². The monoisotopic (exact) mass is 284 g/mol. The van der Waals surface area contributed by atoms with Gasteiger partial charge in [0.1, 0.15) is 5.82 Å². The maximum Gasteiger partial charge on any atom is 0.319 e. The molecule has 0 aliphatic heterocycles. The van der Waals surface area contributed by atoms with Gasteiger partial charge in [-0.3, -0.25) is 0 Å². The van der Waals surface area contributed by atoms with Crippen LogP contribution in [0.25, 0.3) is 0 Å².